The molecule has 0 bridgehead atoms. The van der Waals surface area contributed by atoms with Gasteiger partial charge in [-0.3, -0.25) is 15.0 Å². The van der Waals surface area contributed by atoms with Crippen LogP contribution in [0.2, 0.25) is 0 Å². The molecule has 2 aliphatic rings. The van der Waals surface area contributed by atoms with E-state index in [-0.39, 0.29) is 12.5 Å². The van der Waals surface area contributed by atoms with Gasteiger partial charge in [-0.25, -0.2) is 9.80 Å². The third-order valence-electron chi connectivity index (χ3n) is 8.17. The summed E-state index contributed by atoms with van der Waals surface area (Å²) in [5, 5.41) is 5.80. The van der Waals surface area contributed by atoms with Crippen molar-refractivity contribution in [3.63, 3.8) is 0 Å². The van der Waals surface area contributed by atoms with Crippen LogP contribution < -0.4 is 16.5 Å². The Morgan fingerprint density at radius 1 is 1.02 bits per heavy atom. The average Bonchev–Trinajstić information content (AvgIpc) is 3.62. The van der Waals surface area contributed by atoms with E-state index in [4.69, 9.17) is 10.5 Å². The molecule has 1 aromatic heterocycles. The number of hydrazine groups is 1. The maximum atomic E-state index is 14.2. The summed E-state index contributed by atoms with van der Waals surface area (Å²) in [6.07, 6.45) is 5.48. The summed E-state index contributed by atoms with van der Waals surface area (Å²) in [5.74, 6) is -0.631. The number of aromatic amines is 1. The number of nitrogens with zero attached hydrogens (tertiary/aromatic N) is 2. The van der Waals surface area contributed by atoms with Gasteiger partial charge < -0.3 is 25.7 Å². The number of benzene rings is 2. The number of para-hydroxylation sites is 1. The lowest BCUT2D eigenvalue weighted by molar-refractivity contribution is -0.143. The largest absolute Gasteiger partial charge is 0.440 e. The number of carbonyl (C=O) groups excluding carboxylic acids is 3. The third kappa shape index (κ3) is 7.11. The SMILES string of the molecule is CC(C)(N)C(=O)N[C@H](Cc1c[nH]c2ccccc12)C(=O)N1CCCC(Cc2ccccc2)(OC(=O)NN2CCCC2)C1. The summed E-state index contributed by atoms with van der Waals surface area (Å²) in [6, 6.07) is 16.9. The van der Waals surface area contributed by atoms with Crippen molar-refractivity contribution in [2.24, 2.45) is 5.73 Å². The second-order valence-corrected chi connectivity index (χ2v) is 12.2. The second-order valence-electron chi connectivity index (χ2n) is 12.2. The molecule has 2 aliphatic heterocycles. The van der Waals surface area contributed by atoms with E-state index in [0.29, 0.717) is 32.2 Å². The Morgan fingerprint density at radius 2 is 1.74 bits per heavy atom. The highest BCUT2D eigenvalue weighted by atomic mass is 16.6. The van der Waals surface area contributed by atoms with Crippen LogP contribution in [0.5, 0.6) is 0 Å². The molecule has 2 atom stereocenters. The van der Waals surface area contributed by atoms with Crippen molar-refractivity contribution in [2.75, 3.05) is 26.2 Å². The van der Waals surface area contributed by atoms with E-state index in [1.165, 1.54) is 0 Å². The van der Waals surface area contributed by atoms with Crippen LogP contribution in [0.4, 0.5) is 4.79 Å². The molecule has 0 radical (unpaired) electrons. The van der Waals surface area contributed by atoms with Crippen LogP contribution in [0.1, 0.15) is 50.7 Å². The standard InChI is InChI=1S/C32H42N6O4/c1-31(2,33)29(40)35-27(19-24-21-34-26-14-7-6-13-25(24)26)28(39)37-16-10-15-32(22-37,20-23-11-4-3-5-12-23)42-30(41)36-38-17-8-9-18-38/h3-7,11-14,21,27,34H,8-10,15-20,22,33H2,1-2H3,(H,35,40)(H,36,41)/t27-,32?/m1/s1. The van der Waals surface area contributed by atoms with Gasteiger partial charge in [-0.2, -0.15) is 0 Å². The molecule has 0 aliphatic carbocycles. The molecule has 0 saturated carbocycles. The predicted molar refractivity (Wildman–Crippen MR) is 161 cm³/mol. The predicted octanol–water partition coefficient (Wildman–Crippen LogP) is 3.27. The Hall–Kier alpha value is -3.89. The lowest BCUT2D eigenvalue weighted by Crippen LogP contribution is -2.61. The zero-order chi connectivity index (χ0) is 29.7. The smallest absolute Gasteiger partial charge is 0.422 e. The van der Waals surface area contributed by atoms with E-state index in [2.05, 4.69) is 15.7 Å². The molecule has 2 aromatic carbocycles. The summed E-state index contributed by atoms with van der Waals surface area (Å²) in [6.45, 7) is 5.54. The fourth-order valence-electron chi connectivity index (χ4n) is 5.98. The minimum absolute atomic E-state index is 0.223. The molecule has 3 amide bonds. The maximum Gasteiger partial charge on any atom is 0.422 e. The number of piperidine rings is 1. The zero-order valence-electron chi connectivity index (χ0n) is 24.5. The molecule has 3 heterocycles. The zero-order valence-corrected chi connectivity index (χ0v) is 24.5. The lowest BCUT2D eigenvalue weighted by Gasteiger charge is -2.43. The normalized spacial score (nSPS) is 20.3. The first-order chi connectivity index (χ1) is 20.1. The average molecular weight is 575 g/mol. The van der Waals surface area contributed by atoms with Gasteiger partial charge in [0.25, 0.3) is 0 Å². The topological polar surface area (TPSA) is 133 Å². The van der Waals surface area contributed by atoms with Crippen LogP contribution in [0.3, 0.4) is 0 Å². The van der Waals surface area contributed by atoms with E-state index in [9.17, 15) is 14.4 Å². The lowest BCUT2D eigenvalue weighted by atomic mass is 9.85. The monoisotopic (exact) mass is 574 g/mol. The summed E-state index contributed by atoms with van der Waals surface area (Å²) in [4.78, 5) is 45.4. The highest BCUT2D eigenvalue weighted by molar-refractivity contribution is 5.92. The number of ether oxygens (including phenoxy) is 1. The maximum absolute atomic E-state index is 14.2. The van der Waals surface area contributed by atoms with E-state index in [1.807, 2.05) is 65.8 Å². The van der Waals surface area contributed by atoms with E-state index >= 15 is 0 Å². The van der Waals surface area contributed by atoms with Gasteiger partial charge in [-0.1, -0.05) is 48.5 Å². The van der Waals surface area contributed by atoms with Gasteiger partial charge in [0.15, 0.2) is 0 Å². The number of amides is 3. The van der Waals surface area contributed by atoms with Gasteiger partial charge in [-0.05, 0) is 56.7 Å². The van der Waals surface area contributed by atoms with Crippen molar-refractivity contribution in [3.8, 4) is 0 Å². The number of H-pyrrole nitrogens is 1. The fraction of sp³-hybridized carbons (Fsp3) is 0.469. The number of nitrogens with one attached hydrogen (secondary N) is 3. The van der Waals surface area contributed by atoms with E-state index < -0.39 is 29.2 Å². The summed E-state index contributed by atoms with van der Waals surface area (Å²) < 4.78 is 6.21. The number of nitrogens with two attached hydrogens (primary N) is 1. The first-order valence-electron chi connectivity index (χ1n) is 14.8. The molecule has 2 fully saturated rings. The number of hydrogen-bond donors (Lipinski definition) is 4. The van der Waals surface area contributed by atoms with Crippen LogP contribution in [-0.4, -0.2) is 76.2 Å². The molecule has 10 heteroatoms. The Kier molecular flexibility index (Phi) is 8.84. The number of rotatable bonds is 9. The van der Waals surface area contributed by atoms with Crippen LogP contribution in [0, 0.1) is 0 Å². The Morgan fingerprint density at radius 3 is 2.48 bits per heavy atom. The van der Waals surface area contributed by atoms with Crippen LogP contribution in [0.15, 0.2) is 60.8 Å². The van der Waals surface area contributed by atoms with Gasteiger partial charge >= 0.3 is 6.09 Å². The molecule has 3 aromatic rings. The molecule has 1 unspecified atom stereocenters. The molecule has 2 saturated heterocycles. The minimum atomic E-state index is -1.16. The minimum Gasteiger partial charge on any atom is -0.440 e. The number of hydrogen-bond acceptors (Lipinski definition) is 6. The van der Waals surface area contributed by atoms with Crippen molar-refractivity contribution in [3.05, 3.63) is 71.9 Å². The Bertz CT molecular complexity index is 1390. The van der Waals surface area contributed by atoms with Gasteiger partial charge in [-0.15, -0.1) is 0 Å². The fourth-order valence-corrected chi connectivity index (χ4v) is 5.98. The van der Waals surface area contributed by atoms with Crippen molar-refractivity contribution in [2.45, 2.75) is 69.6 Å². The van der Waals surface area contributed by atoms with Crippen molar-refractivity contribution >= 4 is 28.8 Å². The first-order valence-corrected chi connectivity index (χ1v) is 14.8. The van der Waals surface area contributed by atoms with Gasteiger partial charge in [0.2, 0.25) is 11.8 Å². The third-order valence-corrected chi connectivity index (χ3v) is 8.17. The number of carbonyl (C=O) groups is 3. The number of fused-ring (bicyclic) bond motifs is 1. The first kappa shape index (κ1) is 29.6. The Labute approximate surface area is 246 Å². The highest BCUT2D eigenvalue weighted by Gasteiger charge is 2.43. The van der Waals surface area contributed by atoms with E-state index in [1.54, 1.807) is 18.7 Å². The summed E-state index contributed by atoms with van der Waals surface area (Å²) >= 11 is 0. The van der Waals surface area contributed by atoms with Crippen LogP contribution in [0.25, 0.3) is 10.9 Å². The number of likely N-dealkylation sites (tertiary alicyclic amines) is 1. The molecule has 10 nitrogen and oxygen atoms in total. The molecule has 0 spiro atoms. The van der Waals surface area contributed by atoms with Crippen molar-refractivity contribution < 1.29 is 19.1 Å². The molecule has 42 heavy (non-hydrogen) atoms. The molecule has 224 valence electrons. The van der Waals surface area contributed by atoms with Gasteiger partial charge in [0.1, 0.15) is 11.6 Å². The van der Waals surface area contributed by atoms with Crippen LogP contribution in [-0.2, 0) is 27.2 Å². The molecule has 5 N–H and O–H groups in total. The molecular formula is C32H42N6O4. The van der Waals surface area contributed by atoms with Crippen molar-refractivity contribution in [1.82, 2.24) is 25.6 Å². The Balaban J connectivity index is 1.39. The second kappa shape index (κ2) is 12.5. The highest BCUT2D eigenvalue weighted by Crippen LogP contribution is 2.31. The van der Waals surface area contributed by atoms with Crippen LogP contribution >= 0.6 is 0 Å². The molecular weight excluding hydrogens is 532 g/mol. The quantitative estimate of drug-likeness (QED) is 0.310. The van der Waals surface area contributed by atoms with E-state index in [0.717, 1.165) is 48.0 Å². The van der Waals surface area contributed by atoms with Gasteiger partial charge in [0, 0.05) is 49.6 Å². The van der Waals surface area contributed by atoms with Gasteiger partial charge in [0.05, 0.1) is 12.1 Å². The number of aromatic nitrogens is 1. The summed E-state index contributed by atoms with van der Waals surface area (Å²) in [7, 11) is 0. The van der Waals surface area contributed by atoms with Crippen molar-refractivity contribution in [1.29, 1.82) is 0 Å². The summed E-state index contributed by atoms with van der Waals surface area (Å²) in [5.41, 5.74) is 9.83. The molecule has 5 rings (SSSR count).